The summed E-state index contributed by atoms with van der Waals surface area (Å²) in [7, 11) is 11.3. The lowest BCUT2D eigenvalue weighted by atomic mass is 9.96. The number of rotatable bonds is 8. The van der Waals surface area contributed by atoms with Gasteiger partial charge in [0.25, 0.3) is 0 Å². The molecule has 0 aliphatic carbocycles. The van der Waals surface area contributed by atoms with Crippen molar-refractivity contribution in [3.63, 3.8) is 0 Å². The Morgan fingerprint density at radius 2 is 1.61 bits per heavy atom. The molecule has 2 aliphatic rings. The maximum atomic E-state index is 12.6. The smallest absolute Gasteiger partial charge is 0.328 e. The molecule has 0 bridgehead atoms. The lowest BCUT2D eigenvalue weighted by Crippen LogP contribution is -2.30. The number of ether oxygens (including phenoxy) is 4. The van der Waals surface area contributed by atoms with E-state index in [9.17, 15) is 4.57 Å². The average Bonchev–Trinajstić information content (AvgIpc) is 2.99. The van der Waals surface area contributed by atoms with Crippen molar-refractivity contribution in [3.05, 3.63) is 0 Å². The third-order valence-electron chi connectivity index (χ3n) is 3.89. The zero-order valence-corrected chi connectivity index (χ0v) is 14.6. The van der Waals surface area contributed by atoms with E-state index < -0.39 is 25.7 Å². The molecule has 0 aromatic rings. The third kappa shape index (κ3) is 5.56. The monoisotopic (exact) mass is 344 g/mol. The Bertz CT molecular complexity index is 427. The first-order valence-electron chi connectivity index (χ1n) is 7.59. The van der Waals surface area contributed by atoms with Crippen molar-refractivity contribution in [2.24, 2.45) is 0 Å². The molecule has 0 saturated carbocycles. The minimum Gasteiger partial charge on any atom is -0.382 e. The van der Waals surface area contributed by atoms with Gasteiger partial charge in [-0.3, -0.25) is 4.57 Å². The van der Waals surface area contributed by atoms with Crippen LogP contribution in [0.5, 0.6) is 0 Å². The van der Waals surface area contributed by atoms with Gasteiger partial charge in [-0.1, -0.05) is 0 Å². The SMILES string of the molecule is [B][C@H]1CC(OC)[C@@H](COP(C)(=O)OC2C[C@H]([B])O[C@@H]2COC)O1. The van der Waals surface area contributed by atoms with Gasteiger partial charge in [0.1, 0.15) is 27.9 Å². The molecule has 0 spiro atoms. The second-order valence-corrected chi connectivity index (χ2v) is 7.85. The molecule has 0 aromatic heterocycles. The van der Waals surface area contributed by atoms with Crippen molar-refractivity contribution >= 4 is 23.3 Å². The summed E-state index contributed by atoms with van der Waals surface area (Å²) in [4.78, 5) is 0. The van der Waals surface area contributed by atoms with E-state index in [1.165, 1.54) is 6.66 Å². The van der Waals surface area contributed by atoms with Gasteiger partial charge in [0.15, 0.2) is 0 Å². The van der Waals surface area contributed by atoms with E-state index in [1.54, 1.807) is 14.2 Å². The van der Waals surface area contributed by atoms with E-state index in [-0.39, 0.29) is 24.9 Å². The minimum atomic E-state index is -3.31. The highest BCUT2D eigenvalue weighted by Crippen LogP contribution is 2.48. The van der Waals surface area contributed by atoms with Crippen LogP contribution in [-0.2, 0) is 32.6 Å². The number of methoxy groups -OCH3 is 2. The molecular formula is C13H23B2O7P. The highest BCUT2D eigenvalue weighted by atomic mass is 31.2. The molecule has 128 valence electrons. The molecule has 0 aromatic carbocycles. The van der Waals surface area contributed by atoms with Crippen LogP contribution in [0.3, 0.4) is 0 Å². The first-order valence-corrected chi connectivity index (χ1v) is 9.58. The van der Waals surface area contributed by atoms with E-state index in [0.717, 1.165) is 0 Å². The van der Waals surface area contributed by atoms with Crippen LogP contribution in [0.15, 0.2) is 0 Å². The molecule has 2 aliphatic heterocycles. The Hall–Kier alpha value is 0.120. The van der Waals surface area contributed by atoms with Crippen molar-refractivity contribution in [3.8, 4) is 0 Å². The Labute approximate surface area is 140 Å². The molecule has 2 rings (SSSR count). The predicted molar refractivity (Wildman–Crippen MR) is 85.1 cm³/mol. The van der Waals surface area contributed by atoms with E-state index in [4.69, 9.17) is 43.7 Å². The van der Waals surface area contributed by atoms with Crippen molar-refractivity contribution < 1.29 is 32.6 Å². The van der Waals surface area contributed by atoms with Gasteiger partial charge in [0.05, 0.1) is 25.4 Å². The summed E-state index contributed by atoms with van der Waals surface area (Å²) in [5.41, 5.74) is 0. The van der Waals surface area contributed by atoms with Crippen molar-refractivity contribution in [1.29, 1.82) is 0 Å². The highest BCUT2D eigenvalue weighted by molar-refractivity contribution is 7.53. The average molecular weight is 344 g/mol. The molecule has 7 atom stereocenters. The molecular weight excluding hydrogens is 321 g/mol. The fourth-order valence-corrected chi connectivity index (χ4v) is 3.99. The molecule has 2 saturated heterocycles. The van der Waals surface area contributed by atoms with Crippen molar-refractivity contribution in [1.82, 2.24) is 0 Å². The molecule has 7 nitrogen and oxygen atoms in total. The fraction of sp³-hybridized carbons (Fsp3) is 1.00. The van der Waals surface area contributed by atoms with Gasteiger partial charge < -0.3 is 28.0 Å². The molecule has 4 radical (unpaired) electrons. The van der Waals surface area contributed by atoms with E-state index >= 15 is 0 Å². The largest absolute Gasteiger partial charge is 0.382 e. The summed E-state index contributed by atoms with van der Waals surface area (Å²) in [5.74, 6) is 0. The summed E-state index contributed by atoms with van der Waals surface area (Å²) < 4.78 is 44.9. The molecule has 3 unspecified atom stereocenters. The summed E-state index contributed by atoms with van der Waals surface area (Å²) in [5, 5.41) is 0. The maximum absolute atomic E-state index is 12.6. The summed E-state index contributed by atoms with van der Waals surface area (Å²) in [6, 6.07) is -0.868. The van der Waals surface area contributed by atoms with Crippen LogP contribution >= 0.6 is 7.60 Å². The molecule has 2 heterocycles. The van der Waals surface area contributed by atoms with E-state index in [2.05, 4.69) is 0 Å². The first-order chi connectivity index (χ1) is 10.8. The van der Waals surface area contributed by atoms with Gasteiger partial charge in [0, 0.05) is 32.9 Å². The van der Waals surface area contributed by atoms with Gasteiger partial charge in [-0.05, 0) is 12.8 Å². The first kappa shape index (κ1) is 19.4. The molecule has 23 heavy (non-hydrogen) atoms. The Morgan fingerprint density at radius 1 is 1.04 bits per heavy atom. The van der Waals surface area contributed by atoms with Gasteiger partial charge >= 0.3 is 7.60 Å². The van der Waals surface area contributed by atoms with Crippen molar-refractivity contribution in [2.45, 2.75) is 49.3 Å². The molecule has 10 heteroatoms. The highest BCUT2D eigenvalue weighted by Gasteiger charge is 2.39. The van der Waals surface area contributed by atoms with Crippen LogP contribution in [0.2, 0.25) is 0 Å². The second-order valence-electron chi connectivity index (χ2n) is 5.84. The van der Waals surface area contributed by atoms with Crippen molar-refractivity contribution in [2.75, 3.05) is 34.1 Å². The molecule has 0 N–H and O–H groups in total. The van der Waals surface area contributed by atoms with Gasteiger partial charge in [-0.25, -0.2) is 0 Å². The van der Waals surface area contributed by atoms with Crippen LogP contribution in [-0.4, -0.2) is 86.2 Å². The van der Waals surface area contributed by atoms with Crippen LogP contribution in [0.4, 0.5) is 0 Å². The Kier molecular flexibility index (Phi) is 7.17. The third-order valence-corrected chi connectivity index (χ3v) is 5.16. The summed E-state index contributed by atoms with van der Waals surface area (Å²) in [6.07, 6.45) is -0.361. The van der Waals surface area contributed by atoms with E-state index in [0.29, 0.717) is 19.4 Å². The molecule has 2 fully saturated rings. The van der Waals surface area contributed by atoms with Gasteiger partial charge in [-0.15, -0.1) is 0 Å². The Balaban J connectivity index is 1.85. The summed E-state index contributed by atoms with van der Waals surface area (Å²) in [6.45, 7) is 1.80. The van der Waals surface area contributed by atoms with Crippen LogP contribution in [0.1, 0.15) is 12.8 Å². The normalized spacial score (nSPS) is 40.3. The zero-order valence-electron chi connectivity index (χ0n) is 13.8. The number of hydrogen-bond donors (Lipinski definition) is 0. The quantitative estimate of drug-likeness (QED) is 0.467. The van der Waals surface area contributed by atoms with Crippen LogP contribution in [0.25, 0.3) is 0 Å². The van der Waals surface area contributed by atoms with Gasteiger partial charge in [0.2, 0.25) is 0 Å². The lowest BCUT2D eigenvalue weighted by Gasteiger charge is -2.24. The maximum Gasteiger partial charge on any atom is 0.328 e. The number of hydrogen-bond acceptors (Lipinski definition) is 7. The lowest BCUT2D eigenvalue weighted by molar-refractivity contribution is -0.0285. The van der Waals surface area contributed by atoms with E-state index in [1.807, 2.05) is 0 Å². The molecule has 0 amide bonds. The standard InChI is InChI=1S/C13H23B2O7P/c1-17-6-10-9(5-13(15)20-10)22-23(3,16)19-7-11-8(18-2)4-12(14)21-11/h8-13H,4-7H2,1-3H3/t8?,9?,10-,11-,12-,13-,23?/m1/s1. The second kappa shape index (κ2) is 8.48. The Morgan fingerprint density at radius 3 is 2.17 bits per heavy atom. The fourth-order valence-electron chi connectivity index (χ4n) is 2.80. The zero-order chi connectivity index (χ0) is 17.0. The predicted octanol–water partition coefficient (Wildman–Crippen LogP) is 0.439. The summed E-state index contributed by atoms with van der Waals surface area (Å²) >= 11 is 0. The van der Waals surface area contributed by atoms with Crippen LogP contribution < -0.4 is 0 Å². The topological polar surface area (TPSA) is 72.5 Å². The van der Waals surface area contributed by atoms with Gasteiger partial charge in [-0.2, -0.15) is 0 Å². The minimum absolute atomic E-state index is 0.0779. The van der Waals surface area contributed by atoms with Crippen LogP contribution in [0, 0.1) is 0 Å².